The minimum atomic E-state index is 0. The Hall–Kier alpha value is -1.09. The summed E-state index contributed by atoms with van der Waals surface area (Å²) in [5, 5.41) is 6.57. The summed E-state index contributed by atoms with van der Waals surface area (Å²) < 4.78 is 10.6. The summed E-state index contributed by atoms with van der Waals surface area (Å²) in [6, 6.07) is 3.86. The van der Waals surface area contributed by atoms with E-state index >= 15 is 0 Å². The Kier molecular flexibility index (Phi) is 13.8. The second kappa shape index (κ2) is 14.5. The van der Waals surface area contributed by atoms with E-state index in [0.29, 0.717) is 12.4 Å². The number of unbranched alkanes of at least 4 members (excludes halogenated alkanes) is 1. The van der Waals surface area contributed by atoms with Crippen LogP contribution in [0, 0.1) is 0 Å². The van der Waals surface area contributed by atoms with Crippen molar-refractivity contribution in [2.24, 2.45) is 4.99 Å². The zero-order chi connectivity index (χ0) is 16.0. The van der Waals surface area contributed by atoms with Gasteiger partial charge in [-0.2, -0.15) is 0 Å². The van der Waals surface area contributed by atoms with Gasteiger partial charge in [0.05, 0.1) is 13.7 Å². The van der Waals surface area contributed by atoms with Crippen LogP contribution in [0.15, 0.2) is 23.3 Å². The molecule has 0 aliphatic rings. The van der Waals surface area contributed by atoms with Gasteiger partial charge in [0.25, 0.3) is 0 Å². The van der Waals surface area contributed by atoms with Crippen LogP contribution in [0.5, 0.6) is 5.88 Å². The van der Waals surface area contributed by atoms with Gasteiger partial charge in [0, 0.05) is 38.1 Å². The van der Waals surface area contributed by atoms with Gasteiger partial charge in [0.1, 0.15) is 0 Å². The van der Waals surface area contributed by atoms with Gasteiger partial charge in [0.2, 0.25) is 5.88 Å². The minimum absolute atomic E-state index is 0. The van der Waals surface area contributed by atoms with Crippen molar-refractivity contribution in [3.63, 3.8) is 0 Å². The molecular weight excluding hydrogens is 407 g/mol. The zero-order valence-electron chi connectivity index (χ0n) is 14.3. The lowest BCUT2D eigenvalue weighted by molar-refractivity contribution is 0.143. The van der Waals surface area contributed by atoms with E-state index < -0.39 is 0 Å². The molecule has 0 atom stereocenters. The minimum Gasteiger partial charge on any atom is -0.481 e. The molecule has 1 heterocycles. The molecule has 0 saturated carbocycles. The molecule has 2 N–H and O–H groups in total. The van der Waals surface area contributed by atoms with Crippen molar-refractivity contribution in [1.29, 1.82) is 0 Å². The fraction of sp³-hybridized carbons (Fsp3) is 0.625. The molecule has 132 valence electrons. The molecule has 1 aromatic heterocycles. The summed E-state index contributed by atoms with van der Waals surface area (Å²) in [4.78, 5) is 8.75. The largest absolute Gasteiger partial charge is 0.481 e. The molecular formula is C16H29IN4O2. The molecule has 0 spiro atoms. The van der Waals surface area contributed by atoms with Gasteiger partial charge in [-0.1, -0.05) is 6.07 Å². The summed E-state index contributed by atoms with van der Waals surface area (Å²) in [6.45, 7) is 7.91. The van der Waals surface area contributed by atoms with Crippen molar-refractivity contribution in [2.75, 3.05) is 33.4 Å². The van der Waals surface area contributed by atoms with Crippen LogP contribution in [-0.4, -0.2) is 44.4 Å². The normalized spacial score (nSPS) is 10.8. The maximum Gasteiger partial charge on any atom is 0.218 e. The third kappa shape index (κ3) is 9.60. The van der Waals surface area contributed by atoms with E-state index in [1.165, 1.54) is 0 Å². The Morgan fingerprint density at radius 1 is 1.26 bits per heavy atom. The number of halogens is 1. The van der Waals surface area contributed by atoms with Crippen molar-refractivity contribution in [3.8, 4) is 5.88 Å². The summed E-state index contributed by atoms with van der Waals surface area (Å²) in [5.74, 6) is 1.43. The number of hydrogen-bond acceptors (Lipinski definition) is 4. The van der Waals surface area contributed by atoms with E-state index in [4.69, 9.17) is 9.47 Å². The predicted octanol–water partition coefficient (Wildman–Crippen LogP) is 2.58. The molecule has 1 aromatic rings. The lowest BCUT2D eigenvalue weighted by Gasteiger charge is -2.11. The first-order valence-electron chi connectivity index (χ1n) is 7.89. The first-order valence-corrected chi connectivity index (χ1v) is 7.89. The smallest absolute Gasteiger partial charge is 0.218 e. The number of aliphatic imine (C=N–C) groups is 1. The molecule has 0 amide bonds. The number of methoxy groups -OCH3 is 1. The summed E-state index contributed by atoms with van der Waals surface area (Å²) in [6.07, 6.45) is 3.82. The van der Waals surface area contributed by atoms with Crippen LogP contribution in [0.3, 0.4) is 0 Å². The molecule has 0 bridgehead atoms. The van der Waals surface area contributed by atoms with Crippen molar-refractivity contribution in [3.05, 3.63) is 23.9 Å². The second-order valence-electron chi connectivity index (χ2n) is 4.70. The third-order valence-electron chi connectivity index (χ3n) is 3.01. The molecule has 7 heteroatoms. The predicted molar refractivity (Wildman–Crippen MR) is 105 cm³/mol. The van der Waals surface area contributed by atoms with Crippen molar-refractivity contribution < 1.29 is 9.47 Å². The Bertz CT molecular complexity index is 444. The first-order chi connectivity index (χ1) is 10.8. The zero-order valence-corrected chi connectivity index (χ0v) is 16.6. The van der Waals surface area contributed by atoms with Crippen molar-refractivity contribution in [1.82, 2.24) is 15.6 Å². The average molecular weight is 436 g/mol. The van der Waals surface area contributed by atoms with Crippen LogP contribution < -0.4 is 15.4 Å². The van der Waals surface area contributed by atoms with Crippen LogP contribution in [0.25, 0.3) is 0 Å². The lowest BCUT2D eigenvalue weighted by Crippen LogP contribution is -2.37. The van der Waals surface area contributed by atoms with Crippen LogP contribution in [0.4, 0.5) is 0 Å². The number of hydrogen-bond donors (Lipinski definition) is 2. The average Bonchev–Trinajstić information content (AvgIpc) is 2.56. The molecule has 6 nitrogen and oxygen atoms in total. The topological polar surface area (TPSA) is 67.8 Å². The van der Waals surface area contributed by atoms with E-state index in [2.05, 4.69) is 27.5 Å². The van der Waals surface area contributed by atoms with Gasteiger partial charge < -0.3 is 20.1 Å². The summed E-state index contributed by atoms with van der Waals surface area (Å²) in [5.41, 5.74) is 0.971. The quantitative estimate of drug-likeness (QED) is 0.256. The highest BCUT2D eigenvalue weighted by molar-refractivity contribution is 14.0. The van der Waals surface area contributed by atoms with Gasteiger partial charge in [-0.15, -0.1) is 24.0 Å². The van der Waals surface area contributed by atoms with Gasteiger partial charge in [-0.25, -0.2) is 9.98 Å². The maximum atomic E-state index is 5.32. The van der Waals surface area contributed by atoms with Gasteiger partial charge in [0.15, 0.2) is 5.96 Å². The van der Waals surface area contributed by atoms with E-state index in [1.54, 1.807) is 13.3 Å². The highest BCUT2D eigenvalue weighted by Gasteiger charge is 2.03. The van der Waals surface area contributed by atoms with E-state index in [-0.39, 0.29) is 24.0 Å². The Morgan fingerprint density at radius 3 is 2.78 bits per heavy atom. The van der Waals surface area contributed by atoms with Crippen LogP contribution in [-0.2, 0) is 11.3 Å². The highest BCUT2D eigenvalue weighted by Crippen LogP contribution is 2.14. The van der Waals surface area contributed by atoms with Crippen molar-refractivity contribution in [2.45, 2.75) is 33.2 Å². The fourth-order valence-corrected chi connectivity index (χ4v) is 1.91. The van der Waals surface area contributed by atoms with E-state index in [1.807, 2.05) is 19.1 Å². The van der Waals surface area contributed by atoms with Gasteiger partial charge >= 0.3 is 0 Å². The molecule has 0 aliphatic carbocycles. The van der Waals surface area contributed by atoms with E-state index in [9.17, 15) is 0 Å². The fourth-order valence-electron chi connectivity index (χ4n) is 1.91. The molecule has 0 saturated heterocycles. The number of nitrogens with one attached hydrogen (secondary N) is 2. The molecule has 0 radical (unpaired) electrons. The number of guanidine groups is 1. The third-order valence-corrected chi connectivity index (χ3v) is 3.01. The molecule has 0 fully saturated rings. The number of pyridine rings is 1. The van der Waals surface area contributed by atoms with Crippen LogP contribution >= 0.6 is 24.0 Å². The SMILES string of the molecule is CCNC(=NCc1cccnc1OC)NCCCCOCC.I. The number of aromatic nitrogens is 1. The van der Waals surface area contributed by atoms with Crippen LogP contribution in [0.2, 0.25) is 0 Å². The molecule has 1 rings (SSSR count). The Morgan fingerprint density at radius 2 is 2.09 bits per heavy atom. The number of nitrogens with zero attached hydrogens (tertiary/aromatic N) is 2. The summed E-state index contributed by atoms with van der Waals surface area (Å²) >= 11 is 0. The maximum absolute atomic E-state index is 5.32. The van der Waals surface area contributed by atoms with E-state index in [0.717, 1.165) is 50.7 Å². The summed E-state index contributed by atoms with van der Waals surface area (Å²) in [7, 11) is 1.62. The lowest BCUT2D eigenvalue weighted by atomic mass is 10.3. The number of ether oxygens (including phenoxy) is 2. The van der Waals surface area contributed by atoms with Gasteiger partial charge in [-0.05, 0) is 32.8 Å². The monoisotopic (exact) mass is 436 g/mol. The number of rotatable bonds is 10. The van der Waals surface area contributed by atoms with Crippen LogP contribution in [0.1, 0.15) is 32.3 Å². The molecule has 23 heavy (non-hydrogen) atoms. The molecule has 0 aromatic carbocycles. The second-order valence-corrected chi connectivity index (χ2v) is 4.70. The first kappa shape index (κ1) is 21.9. The van der Waals surface area contributed by atoms with Crippen molar-refractivity contribution >= 4 is 29.9 Å². The molecule has 0 unspecified atom stereocenters. The molecule has 0 aliphatic heterocycles. The van der Waals surface area contributed by atoms with Gasteiger partial charge in [-0.3, -0.25) is 0 Å². The highest BCUT2D eigenvalue weighted by atomic mass is 127. The Labute approximate surface area is 156 Å². The standard InChI is InChI=1S/C16H28N4O2.HI/c1-4-17-16(19-10-6-7-12-22-5-2)20-13-14-9-8-11-18-15(14)21-3;/h8-9,11H,4-7,10,12-13H2,1-3H3,(H2,17,19,20);1H. The Balaban J connectivity index is 0.00000484.